The minimum absolute atomic E-state index is 0.0915. The lowest BCUT2D eigenvalue weighted by Gasteiger charge is -2.20. The van der Waals surface area contributed by atoms with E-state index in [0.717, 1.165) is 35.3 Å². The van der Waals surface area contributed by atoms with Crippen LogP contribution in [-0.4, -0.2) is 35.4 Å². The molecule has 1 saturated heterocycles. The number of fused-ring (bicyclic) bond motifs is 1. The third kappa shape index (κ3) is 2.50. The van der Waals surface area contributed by atoms with Gasteiger partial charge in [-0.1, -0.05) is 30.3 Å². The molecule has 120 valence electrons. The second-order valence-electron chi connectivity index (χ2n) is 6.34. The molecular weight excluding hydrogens is 300 g/mol. The van der Waals surface area contributed by atoms with Gasteiger partial charge in [0.15, 0.2) is 6.19 Å². The van der Waals surface area contributed by atoms with Crippen LogP contribution in [0.15, 0.2) is 42.6 Å². The van der Waals surface area contributed by atoms with E-state index in [1.54, 1.807) is 9.80 Å². The molecular formula is C19H18N4O. The van der Waals surface area contributed by atoms with Crippen molar-refractivity contribution in [1.29, 1.82) is 5.26 Å². The van der Waals surface area contributed by atoms with E-state index < -0.39 is 0 Å². The second kappa shape index (κ2) is 5.97. The normalized spacial score (nSPS) is 19.2. The van der Waals surface area contributed by atoms with Gasteiger partial charge in [-0.15, -0.1) is 0 Å². The van der Waals surface area contributed by atoms with Crippen LogP contribution in [0.3, 0.4) is 0 Å². The van der Waals surface area contributed by atoms with Gasteiger partial charge in [-0.05, 0) is 30.0 Å². The molecule has 1 unspecified atom stereocenters. The van der Waals surface area contributed by atoms with Crippen molar-refractivity contribution >= 4 is 11.7 Å². The number of carbonyl (C=O) groups is 1. The molecule has 5 heteroatoms. The lowest BCUT2D eigenvalue weighted by atomic mass is 10.1. The van der Waals surface area contributed by atoms with Gasteiger partial charge in [0.25, 0.3) is 0 Å². The number of nitrogens with zero attached hydrogens (tertiary/aromatic N) is 4. The highest BCUT2D eigenvalue weighted by Gasteiger charge is 2.35. The zero-order chi connectivity index (χ0) is 16.5. The molecule has 0 aliphatic carbocycles. The summed E-state index contributed by atoms with van der Waals surface area (Å²) in [6, 6.07) is 12.3. The molecule has 2 aliphatic heterocycles. The van der Waals surface area contributed by atoms with Crippen LogP contribution in [0.2, 0.25) is 0 Å². The molecule has 0 spiro atoms. The lowest BCUT2D eigenvalue weighted by Crippen LogP contribution is -2.36. The Bertz CT molecular complexity index is 812. The number of rotatable bonds is 2. The van der Waals surface area contributed by atoms with Crippen LogP contribution >= 0.6 is 0 Å². The average molecular weight is 318 g/mol. The third-order valence-electron chi connectivity index (χ3n) is 4.86. The van der Waals surface area contributed by atoms with Crippen LogP contribution in [0.5, 0.6) is 0 Å². The Balaban J connectivity index is 1.57. The van der Waals surface area contributed by atoms with Crippen molar-refractivity contribution in [3.8, 4) is 17.3 Å². The Hall–Kier alpha value is -2.87. The van der Waals surface area contributed by atoms with Gasteiger partial charge >= 0.3 is 0 Å². The molecule has 2 aliphatic rings. The first kappa shape index (κ1) is 14.7. The zero-order valence-corrected chi connectivity index (χ0v) is 13.4. The molecule has 1 aromatic heterocycles. The first-order chi connectivity index (χ1) is 11.8. The number of hydrogen-bond acceptors (Lipinski definition) is 4. The summed E-state index contributed by atoms with van der Waals surface area (Å²) in [5.41, 5.74) is 3.35. The molecule has 1 atom stereocenters. The number of likely N-dealkylation sites (tertiary alicyclic amines) is 1. The molecule has 0 N–H and O–H groups in total. The van der Waals surface area contributed by atoms with Crippen LogP contribution < -0.4 is 4.90 Å². The van der Waals surface area contributed by atoms with E-state index in [1.165, 1.54) is 0 Å². The predicted octanol–water partition coefficient (Wildman–Crippen LogP) is 2.44. The molecule has 1 aromatic carbocycles. The Labute approximate surface area is 141 Å². The third-order valence-corrected chi connectivity index (χ3v) is 4.86. The maximum atomic E-state index is 12.8. The van der Waals surface area contributed by atoms with Crippen molar-refractivity contribution in [3.63, 3.8) is 0 Å². The van der Waals surface area contributed by atoms with Gasteiger partial charge in [-0.25, -0.2) is 4.98 Å². The van der Waals surface area contributed by atoms with E-state index in [1.807, 2.05) is 24.4 Å². The first-order valence-corrected chi connectivity index (χ1v) is 8.26. The van der Waals surface area contributed by atoms with Crippen molar-refractivity contribution in [2.24, 2.45) is 5.92 Å². The number of pyridine rings is 1. The van der Waals surface area contributed by atoms with Crippen LogP contribution in [-0.2, 0) is 11.2 Å². The molecule has 4 rings (SSSR count). The van der Waals surface area contributed by atoms with Crippen molar-refractivity contribution in [1.82, 2.24) is 9.88 Å². The first-order valence-electron chi connectivity index (χ1n) is 8.26. The maximum absolute atomic E-state index is 12.8. The number of amides is 1. The van der Waals surface area contributed by atoms with Gasteiger partial charge in [0, 0.05) is 31.4 Å². The van der Waals surface area contributed by atoms with Crippen molar-refractivity contribution in [2.75, 3.05) is 24.5 Å². The van der Waals surface area contributed by atoms with Gasteiger partial charge in [0.2, 0.25) is 5.91 Å². The number of anilines is 1. The fourth-order valence-electron chi connectivity index (χ4n) is 3.54. The van der Waals surface area contributed by atoms with Crippen LogP contribution in [0.25, 0.3) is 11.1 Å². The second-order valence-corrected chi connectivity index (χ2v) is 6.34. The fourth-order valence-corrected chi connectivity index (χ4v) is 3.54. The van der Waals surface area contributed by atoms with Gasteiger partial charge in [0.05, 0.1) is 5.92 Å². The SMILES string of the molecule is N#CN1CCC(C(=O)N2CCc3cc(-c4ccccc4)cnc32)C1. The lowest BCUT2D eigenvalue weighted by molar-refractivity contribution is -0.121. The van der Waals surface area contributed by atoms with E-state index in [2.05, 4.69) is 29.4 Å². The number of benzene rings is 1. The number of hydrogen-bond donors (Lipinski definition) is 0. The quantitative estimate of drug-likeness (QED) is 0.798. The highest BCUT2D eigenvalue weighted by molar-refractivity contribution is 5.96. The number of nitriles is 1. The van der Waals surface area contributed by atoms with E-state index in [-0.39, 0.29) is 11.8 Å². The summed E-state index contributed by atoms with van der Waals surface area (Å²) in [7, 11) is 0. The van der Waals surface area contributed by atoms with Crippen molar-refractivity contribution < 1.29 is 4.79 Å². The van der Waals surface area contributed by atoms with Gasteiger partial charge in [-0.3, -0.25) is 9.69 Å². The smallest absolute Gasteiger partial charge is 0.233 e. The summed E-state index contributed by atoms with van der Waals surface area (Å²) in [5.74, 6) is 0.799. The minimum Gasteiger partial charge on any atom is -0.310 e. The van der Waals surface area contributed by atoms with Gasteiger partial charge in [-0.2, -0.15) is 5.26 Å². The standard InChI is InChI=1S/C19H18N4O/c20-13-22-8-6-16(12-22)19(24)23-9-7-15-10-17(11-21-18(15)23)14-4-2-1-3-5-14/h1-5,10-11,16H,6-9,12H2. The summed E-state index contributed by atoms with van der Waals surface area (Å²) in [5, 5.41) is 8.97. The predicted molar refractivity (Wildman–Crippen MR) is 91.0 cm³/mol. The van der Waals surface area contributed by atoms with Crippen LogP contribution in [0.4, 0.5) is 5.82 Å². The number of carbonyl (C=O) groups excluding carboxylic acids is 1. The summed E-state index contributed by atoms with van der Waals surface area (Å²) in [6.07, 6.45) is 5.56. The Kier molecular flexibility index (Phi) is 3.66. The Morgan fingerprint density at radius 1 is 1.21 bits per heavy atom. The summed E-state index contributed by atoms with van der Waals surface area (Å²) >= 11 is 0. The molecule has 0 bridgehead atoms. The van der Waals surface area contributed by atoms with E-state index in [4.69, 9.17) is 5.26 Å². The van der Waals surface area contributed by atoms with Crippen LogP contribution in [0, 0.1) is 17.4 Å². The fraction of sp³-hybridized carbons (Fsp3) is 0.316. The van der Waals surface area contributed by atoms with E-state index in [9.17, 15) is 4.79 Å². The Morgan fingerprint density at radius 2 is 2.04 bits per heavy atom. The van der Waals surface area contributed by atoms with Crippen molar-refractivity contribution in [3.05, 3.63) is 48.2 Å². The minimum atomic E-state index is -0.0915. The molecule has 5 nitrogen and oxygen atoms in total. The average Bonchev–Trinajstić information content (AvgIpc) is 3.28. The van der Waals surface area contributed by atoms with Gasteiger partial charge < -0.3 is 4.90 Å². The Morgan fingerprint density at radius 3 is 2.79 bits per heavy atom. The van der Waals surface area contributed by atoms with Crippen molar-refractivity contribution in [2.45, 2.75) is 12.8 Å². The van der Waals surface area contributed by atoms with Gasteiger partial charge in [0.1, 0.15) is 5.82 Å². The molecule has 3 heterocycles. The molecule has 24 heavy (non-hydrogen) atoms. The zero-order valence-electron chi connectivity index (χ0n) is 13.4. The summed E-state index contributed by atoms with van der Waals surface area (Å²) < 4.78 is 0. The maximum Gasteiger partial charge on any atom is 0.233 e. The topological polar surface area (TPSA) is 60.2 Å². The largest absolute Gasteiger partial charge is 0.310 e. The highest BCUT2D eigenvalue weighted by atomic mass is 16.2. The van der Waals surface area contributed by atoms with E-state index >= 15 is 0 Å². The van der Waals surface area contributed by atoms with E-state index in [0.29, 0.717) is 19.6 Å². The summed E-state index contributed by atoms with van der Waals surface area (Å²) in [6.45, 7) is 1.89. The molecule has 2 aromatic rings. The highest BCUT2D eigenvalue weighted by Crippen LogP contribution is 2.32. The molecule has 0 saturated carbocycles. The summed E-state index contributed by atoms with van der Waals surface area (Å²) in [4.78, 5) is 20.8. The number of aromatic nitrogens is 1. The molecule has 0 radical (unpaired) electrons. The molecule has 1 fully saturated rings. The monoisotopic (exact) mass is 318 g/mol. The van der Waals surface area contributed by atoms with Crippen LogP contribution in [0.1, 0.15) is 12.0 Å². The molecule has 1 amide bonds.